The molecule has 2 aromatic rings. The Labute approximate surface area is 115 Å². The molecule has 0 spiro atoms. The van der Waals surface area contributed by atoms with E-state index in [0.717, 1.165) is 28.1 Å². The zero-order chi connectivity index (χ0) is 13.0. The molecule has 3 nitrogen and oxygen atoms in total. The van der Waals surface area contributed by atoms with E-state index in [1.807, 2.05) is 43.3 Å². The van der Waals surface area contributed by atoms with Gasteiger partial charge in [0.1, 0.15) is 4.60 Å². The summed E-state index contributed by atoms with van der Waals surface area (Å²) in [5.74, 6) is 0. The van der Waals surface area contributed by atoms with Crippen molar-refractivity contribution in [2.45, 2.75) is 13.5 Å². The summed E-state index contributed by atoms with van der Waals surface area (Å²) in [5.41, 5.74) is 3.79. The number of hydrogen-bond donors (Lipinski definition) is 1. The van der Waals surface area contributed by atoms with Gasteiger partial charge >= 0.3 is 0 Å². The number of hydrogen-bond acceptors (Lipinski definition) is 3. The van der Waals surface area contributed by atoms with E-state index in [0.29, 0.717) is 5.56 Å². The Balaban J connectivity index is 2.04. The summed E-state index contributed by atoms with van der Waals surface area (Å²) in [6.07, 6.45) is 0. The van der Waals surface area contributed by atoms with E-state index in [2.05, 4.69) is 32.3 Å². The van der Waals surface area contributed by atoms with Crippen molar-refractivity contribution in [1.29, 1.82) is 5.26 Å². The lowest BCUT2D eigenvalue weighted by molar-refractivity contribution is 1.10. The molecule has 0 saturated carbocycles. The monoisotopic (exact) mass is 301 g/mol. The number of pyridine rings is 1. The van der Waals surface area contributed by atoms with E-state index >= 15 is 0 Å². The maximum absolute atomic E-state index is 8.72. The van der Waals surface area contributed by atoms with E-state index in [1.54, 1.807) is 0 Å². The maximum atomic E-state index is 8.72. The van der Waals surface area contributed by atoms with Gasteiger partial charge in [-0.1, -0.05) is 12.1 Å². The predicted octanol–water partition coefficient (Wildman–Crippen LogP) is 3.64. The molecule has 0 unspecified atom stereocenters. The lowest BCUT2D eigenvalue weighted by Crippen LogP contribution is -2.02. The van der Waals surface area contributed by atoms with E-state index in [-0.39, 0.29) is 0 Å². The number of aryl methyl sites for hydroxylation is 1. The molecular weight excluding hydrogens is 290 g/mol. The third-order valence-corrected chi connectivity index (χ3v) is 3.06. The highest BCUT2D eigenvalue weighted by Gasteiger charge is 2.00. The molecule has 0 radical (unpaired) electrons. The minimum Gasteiger partial charge on any atom is -0.380 e. The molecule has 0 atom stereocenters. The largest absolute Gasteiger partial charge is 0.380 e. The summed E-state index contributed by atoms with van der Waals surface area (Å²) in [4.78, 5) is 4.32. The minimum atomic E-state index is 0.681. The summed E-state index contributed by atoms with van der Waals surface area (Å²) in [5, 5.41) is 12.0. The Kier molecular flexibility index (Phi) is 3.96. The average molecular weight is 302 g/mol. The van der Waals surface area contributed by atoms with Crippen molar-refractivity contribution in [1.82, 2.24) is 4.98 Å². The fraction of sp³-hybridized carbons (Fsp3) is 0.143. The molecule has 1 aromatic heterocycles. The van der Waals surface area contributed by atoms with E-state index in [1.165, 1.54) is 0 Å². The molecule has 0 aliphatic carbocycles. The minimum absolute atomic E-state index is 0.681. The summed E-state index contributed by atoms with van der Waals surface area (Å²) < 4.78 is 0.837. The van der Waals surface area contributed by atoms with Crippen LogP contribution in [0.25, 0.3) is 0 Å². The van der Waals surface area contributed by atoms with Gasteiger partial charge in [0.2, 0.25) is 0 Å². The van der Waals surface area contributed by atoms with Crippen molar-refractivity contribution in [3.05, 3.63) is 57.8 Å². The molecule has 0 saturated heterocycles. The normalized spacial score (nSPS) is 9.83. The molecule has 2 rings (SSSR count). The molecule has 0 amide bonds. The van der Waals surface area contributed by atoms with Crippen LogP contribution in [0, 0.1) is 18.3 Å². The highest BCUT2D eigenvalue weighted by Crippen LogP contribution is 2.17. The molecule has 0 aliphatic heterocycles. The van der Waals surface area contributed by atoms with Crippen LogP contribution in [-0.2, 0) is 6.54 Å². The topological polar surface area (TPSA) is 48.7 Å². The van der Waals surface area contributed by atoms with Crippen molar-refractivity contribution in [3.63, 3.8) is 0 Å². The van der Waals surface area contributed by atoms with Gasteiger partial charge in [-0.2, -0.15) is 5.26 Å². The van der Waals surface area contributed by atoms with Gasteiger partial charge in [-0.3, -0.25) is 0 Å². The van der Waals surface area contributed by atoms with Gasteiger partial charge in [0.15, 0.2) is 0 Å². The predicted molar refractivity (Wildman–Crippen MR) is 75.2 cm³/mol. The van der Waals surface area contributed by atoms with Crippen LogP contribution in [0.15, 0.2) is 41.0 Å². The summed E-state index contributed by atoms with van der Waals surface area (Å²) in [7, 11) is 0. The number of anilines is 1. The van der Waals surface area contributed by atoms with Crippen LogP contribution in [-0.4, -0.2) is 4.98 Å². The first kappa shape index (κ1) is 12.6. The number of benzene rings is 1. The van der Waals surface area contributed by atoms with Crippen molar-refractivity contribution in [2.75, 3.05) is 5.32 Å². The highest BCUT2D eigenvalue weighted by atomic mass is 79.9. The first-order valence-electron chi connectivity index (χ1n) is 5.55. The molecule has 0 bridgehead atoms. The Morgan fingerprint density at radius 1 is 1.22 bits per heavy atom. The van der Waals surface area contributed by atoms with Gasteiger partial charge in [0.05, 0.1) is 23.0 Å². The third-order valence-electron chi connectivity index (χ3n) is 2.62. The smallest absolute Gasteiger partial charge is 0.106 e. The van der Waals surface area contributed by atoms with Gasteiger partial charge in [-0.15, -0.1) is 0 Å². The van der Waals surface area contributed by atoms with Crippen molar-refractivity contribution < 1.29 is 0 Å². The van der Waals surface area contributed by atoms with Crippen LogP contribution >= 0.6 is 15.9 Å². The van der Waals surface area contributed by atoms with Crippen LogP contribution in [0.4, 0.5) is 5.69 Å². The number of halogens is 1. The van der Waals surface area contributed by atoms with E-state index < -0.39 is 0 Å². The molecule has 4 heteroatoms. The molecule has 0 fully saturated rings. The van der Waals surface area contributed by atoms with Gasteiger partial charge in [0.25, 0.3) is 0 Å². The quantitative estimate of drug-likeness (QED) is 0.881. The lowest BCUT2D eigenvalue weighted by Gasteiger charge is -2.09. The summed E-state index contributed by atoms with van der Waals surface area (Å²) >= 11 is 3.34. The van der Waals surface area contributed by atoms with E-state index in [9.17, 15) is 0 Å². The van der Waals surface area contributed by atoms with Crippen LogP contribution in [0.2, 0.25) is 0 Å². The van der Waals surface area contributed by atoms with Crippen molar-refractivity contribution in [3.8, 4) is 6.07 Å². The van der Waals surface area contributed by atoms with Gasteiger partial charge in [0, 0.05) is 6.54 Å². The zero-order valence-electron chi connectivity index (χ0n) is 9.94. The van der Waals surface area contributed by atoms with Crippen LogP contribution in [0.3, 0.4) is 0 Å². The van der Waals surface area contributed by atoms with Crippen LogP contribution in [0.1, 0.15) is 16.8 Å². The molecule has 1 aromatic carbocycles. The lowest BCUT2D eigenvalue weighted by atomic mass is 10.1. The molecular formula is C14H12BrN3. The number of nitrogens with one attached hydrogen (secondary N) is 1. The Morgan fingerprint density at radius 2 is 1.94 bits per heavy atom. The average Bonchev–Trinajstić information content (AvgIpc) is 2.38. The second-order valence-electron chi connectivity index (χ2n) is 3.93. The number of rotatable bonds is 3. The van der Waals surface area contributed by atoms with E-state index in [4.69, 9.17) is 5.26 Å². The first-order chi connectivity index (χ1) is 8.69. The Morgan fingerprint density at radius 3 is 2.56 bits per heavy atom. The SMILES string of the molecule is Cc1nc(Br)ccc1NCc1ccc(C#N)cc1. The molecule has 1 N–H and O–H groups in total. The highest BCUT2D eigenvalue weighted by molar-refractivity contribution is 9.10. The second-order valence-corrected chi connectivity index (χ2v) is 4.74. The van der Waals surface area contributed by atoms with Gasteiger partial charge < -0.3 is 5.32 Å². The molecule has 18 heavy (non-hydrogen) atoms. The zero-order valence-corrected chi connectivity index (χ0v) is 11.5. The maximum Gasteiger partial charge on any atom is 0.106 e. The number of nitrogens with zero attached hydrogens (tertiary/aromatic N) is 2. The summed E-state index contributed by atoms with van der Waals surface area (Å²) in [6.45, 7) is 2.68. The van der Waals surface area contributed by atoms with Crippen LogP contribution < -0.4 is 5.32 Å². The van der Waals surface area contributed by atoms with Crippen molar-refractivity contribution >= 4 is 21.6 Å². The first-order valence-corrected chi connectivity index (χ1v) is 6.34. The second kappa shape index (κ2) is 5.65. The molecule has 0 aliphatic rings. The fourth-order valence-corrected chi connectivity index (χ4v) is 2.01. The molecule has 1 heterocycles. The number of nitriles is 1. The van der Waals surface area contributed by atoms with Crippen LogP contribution in [0.5, 0.6) is 0 Å². The summed E-state index contributed by atoms with van der Waals surface area (Å²) in [6, 6.07) is 13.6. The standard InChI is InChI=1S/C14H12BrN3/c1-10-13(6-7-14(15)18-10)17-9-12-4-2-11(8-16)3-5-12/h2-7,17H,9H2,1H3. The van der Waals surface area contributed by atoms with Gasteiger partial charge in [-0.25, -0.2) is 4.98 Å². The number of aromatic nitrogens is 1. The third kappa shape index (κ3) is 3.08. The van der Waals surface area contributed by atoms with Gasteiger partial charge in [-0.05, 0) is 52.7 Å². The Bertz CT molecular complexity index is 585. The molecule has 90 valence electrons. The fourth-order valence-electron chi connectivity index (χ4n) is 1.61. The Hall–Kier alpha value is -1.86. The van der Waals surface area contributed by atoms with Crippen molar-refractivity contribution in [2.24, 2.45) is 0 Å².